The Kier molecular flexibility index (Phi) is 9.58. The fraction of sp³-hybridized carbons (Fsp3) is 0.424. The van der Waals surface area contributed by atoms with Crippen LogP contribution in [-0.4, -0.2) is 80.7 Å². The van der Waals surface area contributed by atoms with Gasteiger partial charge in [0.2, 0.25) is 11.7 Å². The SMILES string of the molecule is COc1cc(C(=O)N2CC[C@](CCN3CCC(C(N)=O)(c4ccccn4)CC3)(c3ccc(Cl)c(Cl)c3)C2)cc(OC)c1OC. The highest BCUT2D eigenvalue weighted by atomic mass is 35.5. The Bertz CT molecular complexity index is 1490. The van der Waals surface area contributed by atoms with Gasteiger partial charge < -0.3 is 29.7 Å². The van der Waals surface area contributed by atoms with Crippen LogP contribution in [0.2, 0.25) is 10.0 Å². The lowest BCUT2D eigenvalue weighted by molar-refractivity contribution is -0.125. The van der Waals surface area contributed by atoms with Gasteiger partial charge in [-0.2, -0.15) is 0 Å². The average molecular weight is 642 g/mol. The van der Waals surface area contributed by atoms with E-state index < -0.39 is 5.41 Å². The van der Waals surface area contributed by atoms with Crippen LogP contribution >= 0.6 is 23.2 Å². The highest BCUT2D eigenvalue weighted by Gasteiger charge is 2.45. The van der Waals surface area contributed by atoms with Crippen LogP contribution in [0.25, 0.3) is 0 Å². The molecule has 0 bridgehead atoms. The summed E-state index contributed by atoms with van der Waals surface area (Å²) in [6.07, 6.45) is 4.46. The Morgan fingerprint density at radius 3 is 2.18 bits per heavy atom. The molecule has 1 aromatic heterocycles. The number of hydrogen-bond acceptors (Lipinski definition) is 7. The maximum atomic E-state index is 13.9. The van der Waals surface area contributed by atoms with Crippen LogP contribution < -0.4 is 19.9 Å². The second-order valence-electron chi connectivity index (χ2n) is 11.6. The maximum Gasteiger partial charge on any atom is 0.254 e. The summed E-state index contributed by atoms with van der Waals surface area (Å²) in [5, 5.41) is 0.972. The molecule has 44 heavy (non-hydrogen) atoms. The fourth-order valence-electron chi connectivity index (χ4n) is 6.65. The zero-order valence-electron chi connectivity index (χ0n) is 25.3. The standard InChI is InChI=1S/C33H38Cl2N4O5/c1-42-26-18-22(19-27(43-2)29(26)44-3)30(40)39-17-10-32(21-39,23-7-8-24(34)25(35)20-23)9-14-38-15-11-33(12-16-38,31(36)41)28-6-4-5-13-37-28/h4-8,13,18-20H,9-12,14-17,21H2,1-3H3,(H2,36,41)/t32-/m0/s1. The zero-order valence-corrected chi connectivity index (χ0v) is 26.8. The molecule has 0 unspecified atom stereocenters. The monoisotopic (exact) mass is 640 g/mol. The Morgan fingerprint density at radius 1 is 0.909 bits per heavy atom. The van der Waals surface area contributed by atoms with Crippen LogP contribution in [-0.2, 0) is 15.6 Å². The van der Waals surface area contributed by atoms with E-state index >= 15 is 0 Å². The van der Waals surface area contributed by atoms with Crippen molar-refractivity contribution in [2.75, 3.05) is 54.1 Å². The number of primary amides is 1. The number of pyridine rings is 1. The highest BCUT2D eigenvalue weighted by molar-refractivity contribution is 6.42. The summed E-state index contributed by atoms with van der Waals surface area (Å²) in [6.45, 7) is 3.28. The first-order valence-corrected chi connectivity index (χ1v) is 15.4. The lowest BCUT2D eigenvalue weighted by atomic mass is 9.73. The fourth-order valence-corrected chi connectivity index (χ4v) is 6.95. The molecule has 2 aliphatic heterocycles. The summed E-state index contributed by atoms with van der Waals surface area (Å²) < 4.78 is 16.4. The number of carbonyl (C=O) groups excluding carboxylic acids is 2. The van der Waals surface area contributed by atoms with Crippen molar-refractivity contribution in [3.05, 3.63) is 81.6 Å². The van der Waals surface area contributed by atoms with Crippen molar-refractivity contribution >= 4 is 35.0 Å². The number of amides is 2. The molecule has 2 N–H and O–H groups in total. The zero-order chi connectivity index (χ0) is 31.5. The van der Waals surface area contributed by atoms with Crippen molar-refractivity contribution in [3.8, 4) is 17.2 Å². The molecule has 11 heteroatoms. The van der Waals surface area contributed by atoms with Gasteiger partial charge in [0.1, 0.15) is 0 Å². The molecule has 0 saturated carbocycles. The second kappa shape index (κ2) is 13.2. The minimum Gasteiger partial charge on any atom is -0.493 e. The number of halogens is 2. The summed E-state index contributed by atoms with van der Waals surface area (Å²) >= 11 is 12.8. The molecule has 0 spiro atoms. The summed E-state index contributed by atoms with van der Waals surface area (Å²) in [7, 11) is 4.59. The number of piperidine rings is 1. The van der Waals surface area contributed by atoms with Crippen molar-refractivity contribution in [2.45, 2.75) is 36.5 Å². The smallest absolute Gasteiger partial charge is 0.254 e. The molecule has 5 rings (SSSR count). The third-order valence-corrected chi connectivity index (χ3v) is 10.1. The minimum absolute atomic E-state index is 0.120. The molecule has 2 aliphatic rings. The molecule has 2 aromatic carbocycles. The summed E-state index contributed by atoms with van der Waals surface area (Å²) in [5.41, 5.74) is 7.06. The number of ether oxygens (including phenoxy) is 3. The summed E-state index contributed by atoms with van der Waals surface area (Å²) in [6, 6.07) is 14.7. The molecule has 3 heterocycles. The lowest BCUT2D eigenvalue weighted by Gasteiger charge is -2.40. The Morgan fingerprint density at radius 2 is 1.61 bits per heavy atom. The van der Waals surface area contributed by atoms with Crippen LogP contribution in [0.5, 0.6) is 17.2 Å². The van der Waals surface area contributed by atoms with E-state index in [9.17, 15) is 9.59 Å². The number of methoxy groups -OCH3 is 3. The Hall–Kier alpha value is -3.53. The van der Waals surface area contributed by atoms with Gasteiger partial charge in [0.25, 0.3) is 5.91 Å². The van der Waals surface area contributed by atoms with Gasteiger partial charge in [-0.15, -0.1) is 0 Å². The topological polar surface area (TPSA) is 107 Å². The van der Waals surface area contributed by atoms with Gasteiger partial charge >= 0.3 is 0 Å². The van der Waals surface area contributed by atoms with Crippen molar-refractivity contribution in [1.82, 2.24) is 14.8 Å². The molecular weight excluding hydrogens is 603 g/mol. The predicted octanol–water partition coefficient (Wildman–Crippen LogP) is 5.11. The second-order valence-corrected chi connectivity index (χ2v) is 12.4. The van der Waals surface area contributed by atoms with Gasteiger partial charge in [0.05, 0.1) is 42.5 Å². The van der Waals surface area contributed by atoms with Crippen molar-refractivity contribution < 1.29 is 23.8 Å². The first-order chi connectivity index (χ1) is 21.2. The van der Waals surface area contributed by atoms with Gasteiger partial charge in [-0.1, -0.05) is 35.3 Å². The van der Waals surface area contributed by atoms with Crippen LogP contribution in [0.3, 0.4) is 0 Å². The number of benzene rings is 2. The van der Waals surface area contributed by atoms with E-state index in [-0.39, 0.29) is 17.2 Å². The van der Waals surface area contributed by atoms with Crippen LogP contribution in [0, 0.1) is 0 Å². The lowest BCUT2D eigenvalue weighted by Crippen LogP contribution is -2.51. The van der Waals surface area contributed by atoms with Gasteiger partial charge in [0, 0.05) is 30.3 Å². The van der Waals surface area contributed by atoms with Crippen molar-refractivity contribution in [3.63, 3.8) is 0 Å². The molecule has 1 atom stereocenters. The van der Waals surface area contributed by atoms with Gasteiger partial charge in [0.15, 0.2) is 11.5 Å². The first-order valence-electron chi connectivity index (χ1n) is 14.6. The average Bonchev–Trinajstić information content (AvgIpc) is 3.50. The van der Waals surface area contributed by atoms with Crippen LogP contribution in [0.4, 0.5) is 0 Å². The van der Waals surface area contributed by atoms with E-state index in [0.29, 0.717) is 71.9 Å². The number of carbonyl (C=O) groups is 2. The van der Waals surface area contributed by atoms with E-state index in [4.69, 9.17) is 43.1 Å². The van der Waals surface area contributed by atoms with Gasteiger partial charge in [-0.3, -0.25) is 14.6 Å². The Balaban J connectivity index is 1.36. The number of aromatic nitrogens is 1. The first kappa shape index (κ1) is 31.9. The van der Waals surface area contributed by atoms with Crippen LogP contribution in [0.1, 0.15) is 47.3 Å². The molecule has 3 aromatic rings. The molecule has 9 nitrogen and oxygen atoms in total. The molecule has 0 aliphatic carbocycles. The molecule has 234 valence electrons. The molecule has 0 radical (unpaired) electrons. The van der Waals surface area contributed by atoms with Crippen molar-refractivity contribution in [2.24, 2.45) is 5.73 Å². The van der Waals surface area contributed by atoms with Crippen LogP contribution in [0.15, 0.2) is 54.7 Å². The third-order valence-electron chi connectivity index (χ3n) is 9.33. The summed E-state index contributed by atoms with van der Waals surface area (Å²) in [5.74, 6) is 0.828. The number of likely N-dealkylation sites (tertiary alicyclic amines) is 2. The van der Waals surface area contributed by atoms with E-state index in [1.807, 2.05) is 41.3 Å². The quantitative estimate of drug-likeness (QED) is 0.328. The maximum absolute atomic E-state index is 13.9. The largest absolute Gasteiger partial charge is 0.493 e. The number of nitrogens with zero attached hydrogens (tertiary/aromatic N) is 3. The number of rotatable bonds is 10. The number of nitrogens with two attached hydrogens (primary N) is 1. The van der Waals surface area contributed by atoms with E-state index in [1.165, 1.54) is 21.3 Å². The summed E-state index contributed by atoms with van der Waals surface area (Å²) in [4.78, 5) is 35.2. The molecular formula is C33H38Cl2N4O5. The molecule has 2 fully saturated rings. The molecule has 2 amide bonds. The predicted molar refractivity (Wildman–Crippen MR) is 170 cm³/mol. The normalized spacial score (nSPS) is 19.9. The molecule has 2 saturated heterocycles. The van der Waals surface area contributed by atoms with E-state index in [1.54, 1.807) is 18.3 Å². The minimum atomic E-state index is -0.768. The van der Waals surface area contributed by atoms with Gasteiger partial charge in [-0.25, -0.2) is 0 Å². The van der Waals surface area contributed by atoms with Crippen molar-refractivity contribution in [1.29, 1.82) is 0 Å². The van der Waals surface area contributed by atoms with Gasteiger partial charge in [-0.05, 0) is 87.3 Å². The number of hydrogen-bond donors (Lipinski definition) is 1. The van der Waals surface area contributed by atoms with E-state index in [0.717, 1.165) is 30.6 Å². The highest BCUT2D eigenvalue weighted by Crippen LogP contribution is 2.43. The van der Waals surface area contributed by atoms with E-state index in [2.05, 4.69) is 9.88 Å². The Labute approximate surface area is 268 Å². The third kappa shape index (κ3) is 6.05.